The fourth-order valence-corrected chi connectivity index (χ4v) is 4.44. The van der Waals surface area contributed by atoms with Crippen LogP contribution in [0.4, 0.5) is 10.5 Å². The number of carbonyl (C=O) groups excluding carboxylic acids is 3. The lowest BCUT2D eigenvalue weighted by Gasteiger charge is -2.20. The quantitative estimate of drug-likeness (QED) is 0.227. The minimum Gasteiger partial charge on any atom is -0.497 e. The number of carbonyl (C=O) groups is 3. The SMILES string of the molecule is COc1ccc(-c2ncc(NC(=O)OCc3ccccc3)c(=O)n2CC(=O)NC(C(=O)c2nc(C3CC3)no2)C(C)C)cc1. The minimum atomic E-state index is -0.989. The van der Waals surface area contributed by atoms with Crippen LogP contribution in [0.15, 0.2) is 70.1 Å². The van der Waals surface area contributed by atoms with Crippen molar-refractivity contribution in [2.75, 3.05) is 12.4 Å². The van der Waals surface area contributed by atoms with E-state index in [1.54, 1.807) is 50.2 Å². The van der Waals surface area contributed by atoms with E-state index in [0.29, 0.717) is 17.1 Å². The van der Waals surface area contributed by atoms with Crippen LogP contribution in [0.2, 0.25) is 0 Å². The number of aromatic nitrogens is 4. The Morgan fingerprint density at radius 1 is 1.07 bits per heavy atom. The van der Waals surface area contributed by atoms with E-state index in [1.165, 1.54) is 13.3 Å². The zero-order chi connectivity index (χ0) is 31.2. The molecule has 1 aliphatic carbocycles. The van der Waals surface area contributed by atoms with E-state index in [2.05, 4.69) is 25.8 Å². The lowest BCUT2D eigenvalue weighted by atomic mass is 9.99. The molecule has 0 aliphatic heterocycles. The molecule has 13 nitrogen and oxygen atoms in total. The van der Waals surface area contributed by atoms with E-state index >= 15 is 0 Å². The van der Waals surface area contributed by atoms with Crippen LogP contribution in [0, 0.1) is 5.92 Å². The van der Waals surface area contributed by atoms with Gasteiger partial charge >= 0.3 is 6.09 Å². The van der Waals surface area contributed by atoms with Crippen LogP contribution in [0.5, 0.6) is 5.75 Å². The summed E-state index contributed by atoms with van der Waals surface area (Å²) in [4.78, 5) is 61.3. The van der Waals surface area contributed by atoms with E-state index in [9.17, 15) is 19.2 Å². The molecule has 0 radical (unpaired) electrons. The summed E-state index contributed by atoms with van der Waals surface area (Å²) in [5.41, 5.74) is 0.395. The maximum atomic E-state index is 13.6. The Hall–Kier alpha value is -5.33. The van der Waals surface area contributed by atoms with Crippen molar-refractivity contribution in [3.8, 4) is 17.1 Å². The summed E-state index contributed by atoms with van der Waals surface area (Å²) in [6.45, 7) is 3.02. The van der Waals surface area contributed by atoms with Gasteiger partial charge in [-0.05, 0) is 48.6 Å². The van der Waals surface area contributed by atoms with Crippen LogP contribution in [-0.2, 0) is 22.7 Å². The Morgan fingerprint density at radius 2 is 1.80 bits per heavy atom. The van der Waals surface area contributed by atoms with Crippen molar-refractivity contribution >= 4 is 23.5 Å². The molecule has 1 saturated carbocycles. The largest absolute Gasteiger partial charge is 0.497 e. The number of anilines is 1. The second kappa shape index (κ2) is 13.3. The molecule has 2 aromatic heterocycles. The van der Waals surface area contributed by atoms with Gasteiger partial charge in [0.1, 0.15) is 30.4 Å². The third-order valence-corrected chi connectivity index (χ3v) is 7.01. The first-order valence-electron chi connectivity index (χ1n) is 14.1. The summed E-state index contributed by atoms with van der Waals surface area (Å²) >= 11 is 0. The minimum absolute atomic E-state index is 0.00650. The lowest BCUT2D eigenvalue weighted by molar-refractivity contribution is -0.122. The summed E-state index contributed by atoms with van der Waals surface area (Å²) in [5, 5.41) is 9.01. The molecule has 2 N–H and O–H groups in total. The Morgan fingerprint density at radius 3 is 2.45 bits per heavy atom. The molecule has 228 valence electrons. The fraction of sp³-hybridized carbons (Fsp3) is 0.323. The zero-order valence-corrected chi connectivity index (χ0v) is 24.5. The molecule has 2 amide bonds. The van der Waals surface area contributed by atoms with E-state index in [0.717, 1.165) is 23.0 Å². The highest BCUT2D eigenvalue weighted by Crippen LogP contribution is 2.38. The number of hydrogen-bond donors (Lipinski definition) is 2. The van der Waals surface area contributed by atoms with Gasteiger partial charge in [-0.1, -0.05) is 49.3 Å². The maximum Gasteiger partial charge on any atom is 0.412 e. The van der Waals surface area contributed by atoms with Crippen LogP contribution in [0.1, 0.15) is 54.7 Å². The van der Waals surface area contributed by atoms with Gasteiger partial charge in [0.15, 0.2) is 5.82 Å². The number of benzene rings is 2. The second-order valence-electron chi connectivity index (χ2n) is 10.7. The number of nitrogens with zero attached hydrogens (tertiary/aromatic N) is 4. The molecule has 1 atom stereocenters. The molecule has 5 rings (SSSR count). The number of Topliss-reactive ketones (excluding diaryl/α,β-unsaturated/α-hetero) is 1. The molecule has 44 heavy (non-hydrogen) atoms. The smallest absolute Gasteiger partial charge is 0.412 e. The Balaban J connectivity index is 1.37. The number of nitrogens with one attached hydrogen (secondary N) is 2. The molecule has 0 spiro atoms. The van der Waals surface area contributed by atoms with E-state index in [1.807, 2.05) is 18.2 Å². The standard InChI is InChI=1S/C31H32N6O7/c1-18(2)25(26(39)29-35-27(36-44-29)20-9-10-20)34-24(38)16-37-28(21-11-13-22(42-3)14-12-21)32-15-23(30(37)40)33-31(41)43-17-19-7-5-4-6-8-19/h4-8,11-15,18,20,25H,9-10,16-17H2,1-3H3,(H,33,41)(H,34,38). The zero-order valence-electron chi connectivity index (χ0n) is 24.5. The average Bonchev–Trinajstić information content (AvgIpc) is 3.77. The van der Waals surface area contributed by atoms with Crippen molar-refractivity contribution in [1.82, 2.24) is 25.0 Å². The first-order valence-corrected chi connectivity index (χ1v) is 14.1. The van der Waals surface area contributed by atoms with Gasteiger partial charge in [0.05, 0.1) is 19.3 Å². The third kappa shape index (κ3) is 7.17. The van der Waals surface area contributed by atoms with Gasteiger partial charge in [0.2, 0.25) is 11.7 Å². The van der Waals surface area contributed by atoms with Crippen molar-refractivity contribution < 1.29 is 28.4 Å². The lowest BCUT2D eigenvalue weighted by Crippen LogP contribution is -2.46. The van der Waals surface area contributed by atoms with Crippen molar-refractivity contribution in [3.05, 3.63) is 88.4 Å². The normalized spacial score (nSPS) is 13.3. The van der Waals surface area contributed by atoms with E-state index in [-0.39, 0.29) is 35.8 Å². The average molecular weight is 601 g/mol. The number of hydrogen-bond acceptors (Lipinski definition) is 10. The molecule has 0 bridgehead atoms. The summed E-state index contributed by atoms with van der Waals surface area (Å²) in [6.07, 6.45) is 2.22. The van der Waals surface area contributed by atoms with E-state index in [4.69, 9.17) is 14.0 Å². The number of methoxy groups -OCH3 is 1. The first-order chi connectivity index (χ1) is 21.2. The van der Waals surface area contributed by atoms with Crippen molar-refractivity contribution in [3.63, 3.8) is 0 Å². The topological polar surface area (TPSA) is 168 Å². The van der Waals surface area contributed by atoms with E-state index < -0.39 is 35.9 Å². The monoisotopic (exact) mass is 600 g/mol. The molecular formula is C31H32N6O7. The predicted molar refractivity (Wildman–Crippen MR) is 158 cm³/mol. The molecule has 13 heteroatoms. The molecule has 1 fully saturated rings. The highest BCUT2D eigenvalue weighted by Gasteiger charge is 2.34. The highest BCUT2D eigenvalue weighted by molar-refractivity contribution is 5.98. The van der Waals surface area contributed by atoms with Crippen LogP contribution >= 0.6 is 0 Å². The summed E-state index contributed by atoms with van der Waals surface area (Å²) < 4.78 is 16.8. The summed E-state index contributed by atoms with van der Waals surface area (Å²) in [6, 6.07) is 14.8. The molecule has 2 heterocycles. The van der Waals surface area contributed by atoms with Crippen molar-refractivity contribution in [1.29, 1.82) is 0 Å². The Kier molecular flexibility index (Phi) is 9.12. The van der Waals surface area contributed by atoms with Gasteiger partial charge in [0, 0.05) is 11.5 Å². The number of ether oxygens (including phenoxy) is 2. The molecule has 4 aromatic rings. The third-order valence-electron chi connectivity index (χ3n) is 7.01. The van der Waals surface area contributed by atoms with Crippen LogP contribution in [-0.4, -0.2) is 50.6 Å². The van der Waals surface area contributed by atoms with Gasteiger partial charge in [-0.3, -0.25) is 24.3 Å². The summed E-state index contributed by atoms with van der Waals surface area (Å²) in [5.74, 6) is -0.241. The Bertz CT molecular complexity index is 1690. The van der Waals surface area contributed by atoms with Crippen molar-refractivity contribution in [2.24, 2.45) is 5.92 Å². The van der Waals surface area contributed by atoms with Gasteiger partial charge in [0.25, 0.3) is 11.4 Å². The first kappa shape index (κ1) is 30.1. The van der Waals surface area contributed by atoms with Crippen LogP contribution in [0.25, 0.3) is 11.4 Å². The highest BCUT2D eigenvalue weighted by atomic mass is 16.5. The number of amides is 2. The van der Waals surface area contributed by atoms with Gasteiger partial charge < -0.3 is 19.3 Å². The molecule has 2 aromatic carbocycles. The number of ketones is 1. The van der Waals surface area contributed by atoms with Gasteiger partial charge in [-0.15, -0.1) is 0 Å². The summed E-state index contributed by atoms with van der Waals surface area (Å²) in [7, 11) is 1.53. The molecular weight excluding hydrogens is 568 g/mol. The fourth-order valence-electron chi connectivity index (χ4n) is 4.44. The van der Waals surface area contributed by atoms with Crippen molar-refractivity contribution in [2.45, 2.75) is 51.8 Å². The van der Waals surface area contributed by atoms with Crippen LogP contribution in [0.3, 0.4) is 0 Å². The Labute approximate surface area is 252 Å². The molecule has 0 saturated heterocycles. The molecule has 1 aliphatic rings. The predicted octanol–water partition coefficient (Wildman–Crippen LogP) is 3.95. The van der Waals surface area contributed by atoms with Gasteiger partial charge in [-0.25, -0.2) is 9.78 Å². The van der Waals surface area contributed by atoms with Gasteiger partial charge in [-0.2, -0.15) is 4.98 Å². The second-order valence-corrected chi connectivity index (χ2v) is 10.7. The van der Waals surface area contributed by atoms with Crippen LogP contribution < -0.4 is 20.9 Å². The maximum absolute atomic E-state index is 13.6. The molecule has 1 unspecified atom stereocenters. The number of rotatable bonds is 12.